The molecule has 0 radical (unpaired) electrons. The number of ether oxygens (including phenoxy) is 1. The Morgan fingerprint density at radius 2 is 1.94 bits per heavy atom. The molecule has 5 rings (SSSR count). The minimum atomic E-state index is -2.90. The number of nitrogens with zero attached hydrogens (tertiary/aromatic N) is 3. The maximum atomic E-state index is 12.9. The number of carbonyl (C=O) groups is 1. The lowest BCUT2D eigenvalue weighted by atomic mass is 9.98. The number of benzene rings is 2. The Morgan fingerprint density at radius 3 is 2.71 bits per heavy atom. The Balaban J connectivity index is 1.32. The number of piperidine rings is 1. The summed E-state index contributed by atoms with van der Waals surface area (Å²) in [7, 11) is 0. The van der Waals surface area contributed by atoms with Crippen LogP contribution in [-0.4, -0.2) is 45.6 Å². The molecule has 2 aromatic heterocycles. The molecule has 0 saturated carbocycles. The number of nitrogens with one attached hydrogen (secondary N) is 3. The standard InChI is InChI=1S/C24H24F2N6O2/c25-24(26)34-19-4-2-18(3-5-19)29-23(33)22-20-11-16(1-6-21(20)30-31-22)17-12-28-32(14-17)13-15-7-9-27-10-8-15/h1-6,11-12,14-15,24,27H,7-10,13H2,(H,29,33)(H,30,31). The monoisotopic (exact) mass is 466 g/mol. The average Bonchev–Trinajstić information content (AvgIpc) is 3.47. The molecule has 0 atom stereocenters. The predicted octanol–water partition coefficient (Wildman–Crippen LogP) is 4.28. The van der Waals surface area contributed by atoms with E-state index in [1.54, 1.807) is 0 Å². The fourth-order valence-corrected chi connectivity index (χ4v) is 4.22. The Kier molecular flexibility index (Phi) is 6.22. The number of alkyl halides is 2. The maximum Gasteiger partial charge on any atom is 0.387 e. The van der Waals surface area contributed by atoms with Crippen molar-refractivity contribution >= 4 is 22.5 Å². The minimum Gasteiger partial charge on any atom is -0.435 e. The van der Waals surface area contributed by atoms with Gasteiger partial charge >= 0.3 is 6.61 Å². The van der Waals surface area contributed by atoms with Crippen LogP contribution in [0.2, 0.25) is 0 Å². The van der Waals surface area contributed by atoms with Gasteiger partial charge in [0, 0.05) is 29.4 Å². The molecule has 4 aromatic rings. The number of fused-ring (bicyclic) bond motifs is 1. The molecule has 8 nitrogen and oxygen atoms in total. The van der Waals surface area contributed by atoms with E-state index >= 15 is 0 Å². The van der Waals surface area contributed by atoms with Gasteiger partial charge in [0.2, 0.25) is 0 Å². The zero-order valence-electron chi connectivity index (χ0n) is 18.3. The lowest BCUT2D eigenvalue weighted by Crippen LogP contribution is -2.29. The second-order valence-corrected chi connectivity index (χ2v) is 8.33. The minimum absolute atomic E-state index is 0.0172. The normalized spacial score (nSPS) is 14.6. The molecule has 0 aliphatic carbocycles. The van der Waals surface area contributed by atoms with E-state index in [2.05, 4.69) is 30.7 Å². The highest BCUT2D eigenvalue weighted by Gasteiger charge is 2.17. The van der Waals surface area contributed by atoms with Gasteiger partial charge in [-0.3, -0.25) is 14.6 Å². The second-order valence-electron chi connectivity index (χ2n) is 8.33. The van der Waals surface area contributed by atoms with Gasteiger partial charge in [0.25, 0.3) is 5.91 Å². The molecule has 1 aliphatic rings. The molecule has 1 saturated heterocycles. The summed E-state index contributed by atoms with van der Waals surface area (Å²) < 4.78 is 30.9. The number of carbonyl (C=O) groups excluding carboxylic acids is 1. The first-order valence-electron chi connectivity index (χ1n) is 11.1. The van der Waals surface area contributed by atoms with Gasteiger partial charge in [-0.1, -0.05) is 6.07 Å². The molecule has 3 heterocycles. The van der Waals surface area contributed by atoms with Crippen LogP contribution in [-0.2, 0) is 6.54 Å². The van der Waals surface area contributed by atoms with Gasteiger partial charge in [-0.05, 0) is 73.8 Å². The van der Waals surface area contributed by atoms with E-state index in [1.807, 2.05) is 35.3 Å². The van der Waals surface area contributed by atoms with Crippen molar-refractivity contribution < 1.29 is 18.3 Å². The fraction of sp³-hybridized carbons (Fsp3) is 0.292. The van der Waals surface area contributed by atoms with Crippen LogP contribution >= 0.6 is 0 Å². The van der Waals surface area contributed by atoms with Gasteiger partial charge in [-0.15, -0.1) is 0 Å². The number of H-pyrrole nitrogens is 1. The van der Waals surface area contributed by atoms with E-state index in [1.165, 1.54) is 24.3 Å². The van der Waals surface area contributed by atoms with E-state index in [-0.39, 0.29) is 11.4 Å². The first kappa shape index (κ1) is 22.0. The van der Waals surface area contributed by atoms with E-state index in [9.17, 15) is 13.6 Å². The molecular weight excluding hydrogens is 442 g/mol. The highest BCUT2D eigenvalue weighted by Crippen LogP contribution is 2.27. The molecule has 0 bridgehead atoms. The molecular formula is C24H24F2N6O2. The van der Waals surface area contributed by atoms with Gasteiger partial charge < -0.3 is 15.4 Å². The Morgan fingerprint density at radius 1 is 1.15 bits per heavy atom. The van der Waals surface area contributed by atoms with Crippen molar-refractivity contribution in [1.29, 1.82) is 0 Å². The van der Waals surface area contributed by atoms with Crippen LogP contribution in [0.15, 0.2) is 54.9 Å². The third-order valence-electron chi connectivity index (χ3n) is 5.99. The molecule has 0 spiro atoms. The van der Waals surface area contributed by atoms with Crippen LogP contribution in [0.1, 0.15) is 23.3 Å². The van der Waals surface area contributed by atoms with E-state index in [0.717, 1.165) is 49.1 Å². The zero-order valence-corrected chi connectivity index (χ0v) is 18.3. The van der Waals surface area contributed by atoms with Crippen molar-refractivity contribution in [3.05, 3.63) is 60.6 Å². The number of hydrogen-bond donors (Lipinski definition) is 3. The first-order chi connectivity index (χ1) is 16.5. The molecule has 1 aliphatic heterocycles. The van der Waals surface area contributed by atoms with Crippen LogP contribution in [0.4, 0.5) is 14.5 Å². The van der Waals surface area contributed by atoms with Crippen LogP contribution in [0, 0.1) is 5.92 Å². The van der Waals surface area contributed by atoms with Crippen LogP contribution < -0.4 is 15.4 Å². The van der Waals surface area contributed by atoms with Crippen LogP contribution in [0.25, 0.3) is 22.0 Å². The molecule has 10 heteroatoms. The summed E-state index contributed by atoms with van der Waals surface area (Å²) in [5, 5.41) is 18.4. The second kappa shape index (κ2) is 9.60. The van der Waals surface area contributed by atoms with Crippen molar-refractivity contribution in [3.63, 3.8) is 0 Å². The summed E-state index contributed by atoms with van der Waals surface area (Å²) in [6, 6.07) is 11.5. The summed E-state index contributed by atoms with van der Waals surface area (Å²) in [4.78, 5) is 12.9. The largest absolute Gasteiger partial charge is 0.435 e. The molecule has 0 unspecified atom stereocenters. The van der Waals surface area contributed by atoms with E-state index in [0.29, 0.717) is 17.0 Å². The van der Waals surface area contributed by atoms with Gasteiger partial charge in [-0.2, -0.15) is 19.0 Å². The Hall–Kier alpha value is -3.79. The molecule has 1 amide bonds. The van der Waals surface area contributed by atoms with Crippen LogP contribution in [0.5, 0.6) is 5.75 Å². The van der Waals surface area contributed by atoms with Crippen molar-refractivity contribution in [2.45, 2.75) is 26.0 Å². The number of amides is 1. The quantitative estimate of drug-likeness (QED) is 0.378. The maximum absolute atomic E-state index is 12.9. The number of aromatic nitrogens is 4. The van der Waals surface area contributed by atoms with Gasteiger partial charge in [-0.25, -0.2) is 0 Å². The van der Waals surface area contributed by atoms with Crippen molar-refractivity contribution in [2.24, 2.45) is 5.92 Å². The van der Waals surface area contributed by atoms with Gasteiger partial charge in [0.1, 0.15) is 5.75 Å². The SMILES string of the molecule is O=C(Nc1ccc(OC(F)F)cc1)c1n[nH]c2ccc(-c3cnn(CC4CCNCC4)c3)cc12. The molecule has 2 aromatic carbocycles. The van der Waals surface area contributed by atoms with Crippen molar-refractivity contribution in [1.82, 2.24) is 25.3 Å². The third-order valence-corrected chi connectivity index (χ3v) is 5.99. The summed E-state index contributed by atoms with van der Waals surface area (Å²) in [5.74, 6) is 0.229. The Labute approximate surface area is 194 Å². The lowest BCUT2D eigenvalue weighted by molar-refractivity contribution is -0.0498. The highest BCUT2D eigenvalue weighted by molar-refractivity contribution is 6.11. The number of aromatic amines is 1. The lowest BCUT2D eigenvalue weighted by Gasteiger charge is -2.22. The topological polar surface area (TPSA) is 96.9 Å². The van der Waals surface area contributed by atoms with Crippen molar-refractivity contribution in [3.8, 4) is 16.9 Å². The predicted molar refractivity (Wildman–Crippen MR) is 124 cm³/mol. The zero-order chi connectivity index (χ0) is 23.5. The molecule has 34 heavy (non-hydrogen) atoms. The number of rotatable bonds is 7. The van der Waals surface area contributed by atoms with Crippen LogP contribution in [0.3, 0.4) is 0 Å². The molecule has 3 N–H and O–H groups in total. The molecule has 1 fully saturated rings. The summed E-state index contributed by atoms with van der Waals surface area (Å²) in [6.07, 6.45) is 6.17. The average molecular weight is 466 g/mol. The highest BCUT2D eigenvalue weighted by atomic mass is 19.3. The first-order valence-corrected chi connectivity index (χ1v) is 11.1. The third kappa shape index (κ3) is 4.91. The number of anilines is 1. The van der Waals surface area contributed by atoms with E-state index < -0.39 is 12.5 Å². The number of halogens is 2. The molecule has 176 valence electrons. The smallest absolute Gasteiger partial charge is 0.387 e. The van der Waals surface area contributed by atoms with Gasteiger partial charge in [0.05, 0.1) is 11.7 Å². The number of hydrogen-bond acceptors (Lipinski definition) is 5. The van der Waals surface area contributed by atoms with E-state index in [4.69, 9.17) is 0 Å². The van der Waals surface area contributed by atoms with Gasteiger partial charge in [0.15, 0.2) is 5.69 Å². The van der Waals surface area contributed by atoms with Crippen molar-refractivity contribution in [2.75, 3.05) is 18.4 Å². The Bertz CT molecular complexity index is 1280. The summed E-state index contributed by atoms with van der Waals surface area (Å²) >= 11 is 0. The summed E-state index contributed by atoms with van der Waals surface area (Å²) in [5.41, 5.74) is 3.33. The summed E-state index contributed by atoms with van der Waals surface area (Å²) in [6.45, 7) is 0.0921. The fourth-order valence-electron chi connectivity index (χ4n) is 4.22.